The second-order valence-corrected chi connectivity index (χ2v) is 5.29. The molecule has 2 aliphatic rings. The zero-order valence-corrected chi connectivity index (χ0v) is 18.8. The van der Waals surface area contributed by atoms with Crippen molar-refractivity contribution < 1.29 is 19.1 Å². The third-order valence-electron chi connectivity index (χ3n) is 2.93. The Balaban J connectivity index is -0.000000136. The first kappa shape index (κ1) is 32.5. The maximum Gasteiger partial charge on any atom is 0.207 e. The molecule has 2 heterocycles. The molecule has 6 heteroatoms. The summed E-state index contributed by atoms with van der Waals surface area (Å²) < 4.78 is 10.6. The van der Waals surface area contributed by atoms with Gasteiger partial charge in [0.1, 0.15) is 0 Å². The van der Waals surface area contributed by atoms with Crippen molar-refractivity contribution in [3.63, 3.8) is 0 Å². The van der Waals surface area contributed by atoms with Crippen LogP contribution in [0.4, 0.5) is 0 Å². The highest BCUT2D eigenvalue weighted by atomic mass is 16.5. The number of rotatable bonds is 4. The molecule has 0 bridgehead atoms. The highest BCUT2D eigenvalue weighted by molar-refractivity contribution is 5.45. The van der Waals surface area contributed by atoms with Gasteiger partial charge in [-0.1, -0.05) is 41.5 Å². The van der Waals surface area contributed by atoms with E-state index in [1.807, 2.05) is 41.5 Å². The minimum Gasteiger partial charge on any atom is -0.381 e. The molecule has 1 unspecified atom stereocenters. The van der Waals surface area contributed by atoms with Crippen molar-refractivity contribution in [3.8, 4) is 0 Å². The number of hydrogen-bond donors (Lipinski definition) is 2. The Kier molecular flexibility index (Phi) is 35.8. The van der Waals surface area contributed by atoms with E-state index in [0.717, 1.165) is 26.1 Å². The van der Waals surface area contributed by atoms with Gasteiger partial charge >= 0.3 is 0 Å². The van der Waals surface area contributed by atoms with Crippen LogP contribution in [0.15, 0.2) is 0 Å². The van der Waals surface area contributed by atoms with E-state index in [1.165, 1.54) is 12.8 Å². The Morgan fingerprint density at radius 1 is 0.962 bits per heavy atom. The lowest BCUT2D eigenvalue weighted by atomic mass is 10.1. The van der Waals surface area contributed by atoms with Crippen molar-refractivity contribution in [2.45, 2.75) is 92.8 Å². The molecule has 0 saturated carbocycles. The van der Waals surface area contributed by atoms with Gasteiger partial charge in [-0.2, -0.15) is 0 Å². The van der Waals surface area contributed by atoms with E-state index in [-0.39, 0.29) is 11.7 Å². The van der Waals surface area contributed by atoms with Crippen molar-refractivity contribution in [3.05, 3.63) is 0 Å². The number of amides is 2. The quantitative estimate of drug-likeness (QED) is 0.727. The van der Waals surface area contributed by atoms with Crippen molar-refractivity contribution in [2.75, 3.05) is 26.8 Å². The third kappa shape index (κ3) is 27.7. The van der Waals surface area contributed by atoms with E-state index >= 15 is 0 Å². The molecule has 2 N–H and O–H groups in total. The summed E-state index contributed by atoms with van der Waals surface area (Å²) in [6, 6.07) is 0. The summed E-state index contributed by atoms with van der Waals surface area (Å²) in [5.41, 5.74) is 0.00916. The summed E-state index contributed by atoms with van der Waals surface area (Å²) in [4.78, 5) is 19.0. The minimum atomic E-state index is 0.00916. The summed E-state index contributed by atoms with van der Waals surface area (Å²) >= 11 is 0. The normalized spacial score (nSPS) is 18.1. The van der Waals surface area contributed by atoms with Gasteiger partial charge in [-0.3, -0.25) is 9.59 Å². The predicted octanol–water partition coefficient (Wildman–Crippen LogP) is 3.93. The van der Waals surface area contributed by atoms with Crippen molar-refractivity contribution in [2.24, 2.45) is 0 Å². The second kappa shape index (κ2) is 28.7. The van der Waals surface area contributed by atoms with Crippen molar-refractivity contribution in [1.82, 2.24) is 10.6 Å². The first-order valence-corrected chi connectivity index (χ1v) is 10.1. The summed E-state index contributed by atoms with van der Waals surface area (Å²) in [7, 11) is 1.56. The van der Waals surface area contributed by atoms with Gasteiger partial charge in [0.15, 0.2) is 0 Å². The van der Waals surface area contributed by atoms with Crippen LogP contribution < -0.4 is 10.6 Å². The summed E-state index contributed by atoms with van der Waals surface area (Å²) in [6.45, 7) is 18.8. The van der Waals surface area contributed by atoms with Gasteiger partial charge in [-0.15, -0.1) is 0 Å². The molecule has 0 spiro atoms. The Morgan fingerprint density at radius 2 is 1.42 bits per heavy atom. The largest absolute Gasteiger partial charge is 0.381 e. The van der Waals surface area contributed by atoms with E-state index < -0.39 is 0 Å². The molecule has 2 aliphatic heterocycles. The fourth-order valence-corrected chi connectivity index (χ4v) is 1.91. The van der Waals surface area contributed by atoms with Gasteiger partial charge in [-0.05, 0) is 39.5 Å². The van der Waals surface area contributed by atoms with E-state index in [1.54, 1.807) is 7.05 Å². The lowest BCUT2D eigenvalue weighted by Gasteiger charge is -2.18. The Labute approximate surface area is 162 Å². The van der Waals surface area contributed by atoms with Crippen LogP contribution in [0.3, 0.4) is 0 Å². The van der Waals surface area contributed by atoms with Crippen LogP contribution in [-0.4, -0.2) is 51.3 Å². The molecule has 2 rings (SSSR count). The molecule has 0 aromatic carbocycles. The summed E-state index contributed by atoms with van der Waals surface area (Å²) in [5.74, 6) is 0. The third-order valence-corrected chi connectivity index (χ3v) is 2.93. The number of hydrogen-bond acceptors (Lipinski definition) is 4. The van der Waals surface area contributed by atoms with Gasteiger partial charge in [0.2, 0.25) is 12.8 Å². The van der Waals surface area contributed by atoms with E-state index in [0.29, 0.717) is 19.4 Å². The van der Waals surface area contributed by atoms with Gasteiger partial charge < -0.3 is 20.1 Å². The number of ether oxygens (including phenoxy) is 2. The number of carbonyl (C=O) groups excluding carboxylic acids is 2. The van der Waals surface area contributed by atoms with Gasteiger partial charge in [0.25, 0.3) is 0 Å². The molecule has 0 aliphatic carbocycles. The van der Waals surface area contributed by atoms with E-state index in [4.69, 9.17) is 14.3 Å². The average Bonchev–Trinajstić information content (AvgIpc) is 3.38. The Hall–Kier alpha value is -1.14. The van der Waals surface area contributed by atoms with Gasteiger partial charge in [-0.25, -0.2) is 0 Å². The second-order valence-electron chi connectivity index (χ2n) is 5.29. The van der Waals surface area contributed by atoms with Crippen LogP contribution >= 0.6 is 0 Å². The lowest BCUT2D eigenvalue weighted by molar-refractivity contribution is -0.110. The highest BCUT2D eigenvalue weighted by Crippen LogP contribution is 2.28. The Morgan fingerprint density at radius 3 is 1.65 bits per heavy atom. The van der Waals surface area contributed by atoms with Crippen LogP contribution in [0.1, 0.15) is 81.1 Å². The molecule has 0 aromatic heterocycles. The molecular weight excluding hydrogens is 332 g/mol. The van der Waals surface area contributed by atoms with Gasteiger partial charge in [0, 0.05) is 26.8 Å². The highest BCUT2D eigenvalue weighted by Gasteiger charge is 2.30. The van der Waals surface area contributed by atoms with Crippen LogP contribution in [0.5, 0.6) is 0 Å². The molecular formula is C20H46N2O4. The maximum absolute atomic E-state index is 9.96. The minimum absolute atomic E-state index is 0.00916. The smallest absolute Gasteiger partial charge is 0.207 e. The van der Waals surface area contributed by atoms with Gasteiger partial charge in [0.05, 0.1) is 11.7 Å². The standard InChI is InChI=1S/C8H15NO2.C4H8O.C2H5NO.3C2H6/c1-8(2)4-3-7(11-8)5-9-6-10;1-2-4-5-3-1;1-3-2-4;3*1-2/h6-7H,3-5H2,1-2H3,(H,9,10);1-4H2;2H,1H3,(H,3,4);3*1-2H3. The van der Waals surface area contributed by atoms with E-state index in [9.17, 15) is 4.79 Å². The molecule has 6 nitrogen and oxygen atoms in total. The first-order valence-electron chi connectivity index (χ1n) is 10.1. The van der Waals surface area contributed by atoms with Crippen LogP contribution in [0.25, 0.3) is 0 Å². The molecule has 1 atom stereocenters. The van der Waals surface area contributed by atoms with E-state index in [2.05, 4.69) is 24.5 Å². The zero-order chi connectivity index (χ0) is 21.3. The average molecular weight is 379 g/mol. The molecule has 160 valence electrons. The molecule has 26 heavy (non-hydrogen) atoms. The van der Waals surface area contributed by atoms with Crippen LogP contribution in [0, 0.1) is 0 Å². The molecule has 2 fully saturated rings. The van der Waals surface area contributed by atoms with Crippen LogP contribution in [0.2, 0.25) is 0 Å². The SMILES string of the molecule is C1CCOC1.CC.CC.CC.CC1(C)CCC(CNC=O)O1.CNC=O. The summed E-state index contributed by atoms with van der Waals surface area (Å²) in [6.07, 6.45) is 6.25. The summed E-state index contributed by atoms with van der Waals surface area (Å²) in [5, 5.41) is 4.87. The molecule has 0 aromatic rings. The molecule has 2 saturated heterocycles. The maximum atomic E-state index is 9.96. The molecule has 2 amide bonds. The van der Waals surface area contributed by atoms with Crippen molar-refractivity contribution in [1.29, 1.82) is 0 Å². The monoisotopic (exact) mass is 378 g/mol. The fourth-order valence-electron chi connectivity index (χ4n) is 1.91. The predicted molar refractivity (Wildman–Crippen MR) is 111 cm³/mol. The first-order chi connectivity index (χ1) is 12.6. The lowest BCUT2D eigenvalue weighted by Crippen LogP contribution is -2.28. The fraction of sp³-hybridized carbons (Fsp3) is 0.900. The number of carbonyl (C=O) groups is 2. The number of nitrogens with one attached hydrogen (secondary N) is 2. The zero-order valence-electron chi connectivity index (χ0n) is 18.8. The topological polar surface area (TPSA) is 76.7 Å². The van der Waals surface area contributed by atoms with Crippen LogP contribution in [-0.2, 0) is 19.1 Å². The Bertz CT molecular complexity index is 251. The molecule has 0 radical (unpaired) electrons. The van der Waals surface area contributed by atoms with Crippen molar-refractivity contribution >= 4 is 12.8 Å².